The summed E-state index contributed by atoms with van der Waals surface area (Å²) in [4.78, 5) is 11.9. The molecule has 0 aliphatic heterocycles. The predicted molar refractivity (Wildman–Crippen MR) is 81.8 cm³/mol. The molecule has 0 fully saturated rings. The smallest absolute Gasteiger partial charge is 0.257 e. The molecule has 0 heterocycles. The Morgan fingerprint density at radius 1 is 1.33 bits per heavy atom. The Morgan fingerprint density at radius 2 is 1.94 bits per heavy atom. The van der Waals surface area contributed by atoms with Crippen molar-refractivity contribution in [3.63, 3.8) is 0 Å². The van der Waals surface area contributed by atoms with Gasteiger partial charge < -0.3 is 5.32 Å². The fourth-order valence-corrected chi connectivity index (χ4v) is 2.06. The fourth-order valence-electron chi connectivity index (χ4n) is 1.28. The Morgan fingerprint density at radius 3 is 2.44 bits per heavy atom. The molecule has 0 spiro atoms. The van der Waals surface area contributed by atoms with Gasteiger partial charge >= 0.3 is 0 Å². The molecule has 0 saturated heterocycles. The topological polar surface area (TPSA) is 41.1 Å². The maximum absolute atomic E-state index is 11.9. The Hall–Kier alpha value is -0.940. The molecule has 1 aromatic rings. The molecular weight excluding hydrogens is 312 g/mol. The van der Waals surface area contributed by atoms with Gasteiger partial charge in [0.1, 0.15) is 0 Å². The van der Waals surface area contributed by atoms with Crippen molar-refractivity contribution < 1.29 is 4.79 Å². The maximum Gasteiger partial charge on any atom is 0.257 e. The van der Waals surface area contributed by atoms with Crippen molar-refractivity contribution >= 4 is 39.2 Å². The van der Waals surface area contributed by atoms with Gasteiger partial charge in [-0.15, -0.1) is 0 Å². The summed E-state index contributed by atoms with van der Waals surface area (Å²) in [5.74, 6) is -0.211. The van der Waals surface area contributed by atoms with Gasteiger partial charge in [0.25, 0.3) is 5.91 Å². The maximum atomic E-state index is 11.9. The number of nitrogens with one attached hydrogen (secondary N) is 2. The molecule has 1 rings (SSSR count). The molecule has 0 aromatic heterocycles. The number of carbonyl (C=O) groups excluding carboxylic acids is 1. The molecule has 1 aromatic carbocycles. The first-order valence-electron chi connectivity index (χ1n) is 5.59. The number of rotatable bonds is 1. The number of hydrogen-bond donors (Lipinski definition) is 2. The summed E-state index contributed by atoms with van der Waals surface area (Å²) in [7, 11) is 0. The minimum absolute atomic E-state index is 0.168. The predicted octanol–water partition coefficient (Wildman–Crippen LogP) is 3.16. The van der Waals surface area contributed by atoms with Gasteiger partial charge in [-0.05, 0) is 57.6 Å². The van der Waals surface area contributed by atoms with Crippen LogP contribution >= 0.6 is 28.1 Å². The van der Waals surface area contributed by atoms with Crippen molar-refractivity contribution in [2.45, 2.75) is 33.2 Å². The van der Waals surface area contributed by atoms with Crippen LogP contribution in [0.4, 0.5) is 0 Å². The highest BCUT2D eigenvalue weighted by molar-refractivity contribution is 9.10. The lowest BCUT2D eigenvalue weighted by Gasteiger charge is -2.22. The third-order valence-corrected chi connectivity index (χ3v) is 3.21. The number of carbonyl (C=O) groups is 1. The van der Waals surface area contributed by atoms with Crippen molar-refractivity contribution in [2.75, 3.05) is 0 Å². The first-order valence-corrected chi connectivity index (χ1v) is 6.79. The Bertz CT molecular complexity index is 480. The molecule has 2 N–H and O–H groups in total. The van der Waals surface area contributed by atoms with E-state index >= 15 is 0 Å². The second-order valence-corrected chi connectivity index (χ2v) is 6.38. The average Bonchev–Trinajstić information content (AvgIpc) is 2.18. The molecule has 0 unspecified atom stereocenters. The van der Waals surface area contributed by atoms with Crippen molar-refractivity contribution in [2.24, 2.45) is 0 Å². The van der Waals surface area contributed by atoms with E-state index in [-0.39, 0.29) is 11.4 Å². The molecule has 3 nitrogen and oxygen atoms in total. The first-order chi connectivity index (χ1) is 8.19. The number of amides is 1. The molecule has 0 atom stereocenters. The zero-order valence-corrected chi connectivity index (χ0v) is 13.3. The van der Waals surface area contributed by atoms with Crippen LogP contribution in [0, 0.1) is 6.92 Å². The molecule has 5 heteroatoms. The van der Waals surface area contributed by atoms with Crippen LogP contribution in [0.1, 0.15) is 36.7 Å². The highest BCUT2D eigenvalue weighted by Crippen LogP contribution is 2.17. The van der Waals surface area contributed by atoms with Gasteiger partial charge in [-0.25, -0.2) is 0 Å². The van der Waals surface area contributed by atoms with E-state index in [0.717, 1.165) is 10.0 Å². The Kier molecular flexibility index (Phi) is 4.87. The van der Waals surface area contributed by atoms with E-state index in [0.29, 0.717) is 10.7 Å². The van der Waals surface area contributed by atoms with Crippen LogP contribution in [-0.2, 0) is 0 Å². The number of aryl methyl sites for hydroxylation is 1. The summed E-state index contributed by atoms with van der Waals surface area (Å²) in [5.41, 5.74) is 1.49. The van der Waals surface area contributed by atoms with Gasteiger partial charge in [0.05, 0.1) is 0 Å². The van der Waals surface area contributed by atoms with Crippen molar-refractivity contribution in [1.82, 2.24) is 10.6 Å². The fraction of sp³-hybridized carbons (Fsp3) is 0.385. The average molecular weight is 329 g/mol. The molecule has 0 aliphatic rings. The minimum atomic E-state index is -0.211. The van der Waals surface area contributed by atoms with E-state index in [1.54, 1.807) is 12.1 Å². The van der Waals surface area contributed by atoms with Gasteiger partial charge in [0, 0.05) is 15.6 Å². The molecule has 98 valence electrons. The molecule has 1 amide bonds. The summed E-state index contributed by atoms with van der Waals surface area (Å²) in [5, 5.41) is 6.03. The normalized spacial score (nSPS) is 10.9. The molecule has 0 aliphatic carbocycles. The molecular formula is C13H17BrN2OS. The summed E-state index contributed by atoms with van der Waals surface area (Å²) in [6.07, 6.45) is 0. The molecule has 18 heavy (non-hydrogen) atoms. The van der Waals surface area contributed by atoms with Crippen LogP contribution in [-0.4, -0.2) is 16.6 Å². The second kappa shape index (κ2) is 5.80. The zero-order valence-electron chi connectivity index (χ0n) is 10.9. The van der Waals surface area contributed by atoms with Gasteiger partial charge in [-0.3, -0.25) is 10.1 Å². The SMILES string of the molecule is Cc1ccc(C(=O)NC(=S)NC(C)(C)C)cc1Br. The third kappa shape index (κ3) is 4.74. The van der Waals surface area contributed by atoms with Crippen LogP contribution in [0.25, 0.3) is 0 Å². The van der Waals surface area contributed by atoms with Gasteiger partial charge in [-0.2, -0.15) is 0 Å². The Balaban J connectivity index is 2.71. The second-order valence-electron chi connectivity index (χ2n) is 5.12. The number of halogens is 1. The van der Waals surface area contributed by atoms with Gasteiger partial charge in [0.2, 0.25) is 0 Å². The Labute approximate surface area is 121 Å². The standard InChI is InChI=1S/C13H17BrN2OS/c1-8-5-6-9(7-10(8)14)11(17)15-12(18)16-13(2,3)4/h5-7H,1-4H3,(H2,15,16,17,18). The summed E-state index contributed by atoms with van der Waals surface area (Å²) < 4.78 is 0.907. The van der Waals surface area contributed by atoms with E-state index in [4.69, 9.17) is 12.2 Å². The van der Waals surface area contributed by atoms with Crippen LogP contribution in [0.15, 0.2) is 22.7 Å². The number of hydrogen-bond acceptors (Lipinski definition) is 2. The molecule has 0 bridgehead atoms. The highest BCUT2D eigenvalue weighted by Gasteiger charge is 2.14. The van der Waals surface area contributed by atoms with Gasteiger partial charge in [-0.1, -0.05) is 22.0 Å². The summed E-state index contributed by atoms with van der Waals surface area (Å²) in [6, 6.07) is 5.44. The zero-order chi connectivity index (χ0) is 13.9. The monoisotopic (exact) mass is 328 g/mol. The van der Waals surface area contributed by atoms with Crippen molar-refractivity contribution in [3.8, 4) is 0 Å². The quantitative estimate of drug-likeness (QED) is 0.778. The lowest BCUT2D eigenvalue weighted by molar-refractivity contribution is 0.0976. The lowest BCUT2D eigenvalue weighted by Crippen LogP contribution is -2.48. The highest BCUT2D eigenvalue weighted by atomic mass is 79.9. The van der Waals surface area contributed by atoms with Crippen molar-refractivity contribution in [3.05, 3.63) is 33.8 Å². The molecule has 0 radical (unpaired) electrons. The largest absolute Gasteiger partial charge is 0.358 e. The van der Waals surface area contributed by atoms with E-state index in [2.05, 4.69) is 26.6 Å². The van der Waals surface area contributed by atoms with Crippen LogP contribution in [0.5, 0.6) is 0 Å². The first kappa shape index (κ1) is 15.1. The van der Waals surface area contributed by atoms with E-state index < -0.39 is 0 Å². The van der Waals surface area contributed by atoms with Gasteiger partial charge in [0.15, 0.2) is 5.11 Å². The third-order valence-electron chi connectivity index (χ3n) is 2.15. The minimum Gasteiger partial charge on any atom is -0.358 e. The number of benzene rings is 1. The lowest BCUT2D eigenvalue weighted by atomic mass is 10.1. The van der Waals surface area contributed by atoms with E-state index in [1.807, 2.05) is 33.8 Å². The van der Waals surface area contributed by atoms with Crippen molar-refractivity contribution in [1.29, 1.82) is 0 Å². The van der Waals surface area contributed by atoms with E-state index in [1.165, 1.54) is 0 Å². The van der Waals surface area contributed by atoms with Crippen LogP contribution in [0.3, 0.4) is 0 Å². The van der Waals surface area contributed by atoms with Crippen LogP contribution < -0.4 is 10.6 Å². The number of thiocarbonyl (C=S) groups is 1. The summed E-state index contributed by atoms with van der Waals surface area (Å²) >= 11 is 8.48. The summed E-state index contributed by atoms with van der Waals surface area (Å²) in [6.45, 7) is 7.91. The van der Waals surface area contributed by atoms with E-state index in [9.17, 15) is 4.79 Å². The molecule has 0 saturated carbocycles. The van der Waals surface area contributed by atoms with Crippen LogP contribution in [0.2, 0.25) is 0 Å².